The topological polar surface area (TPSA) is 15.3 Å². The van der Waals surface area contributed by atoms with Crippen molar-refractivity contribution in [2.45, 2.75) is 51.7 Å². The van der Waals surface area contributed by atoms with E-state index in [0.29, 0.717) is 23.2 Å². The molecule has 2 nitrogen and oxygen atoms in total. The summed E-state index contributed by atoms with van der Waals surface area (Å²) in [5.41, 5.74) is 0.931. The van der Waals surface area contributed by atoms with Crippen molar-refractivity contribution in [2.24, 2.45) is 0 Å². The third-order valence-corrected chi connectivity index (χ3v) is 4.28. The molecule has 2 rings (SSSR count). The Balaban J connectivity index is 1.82. The first-order chi connectivity index (χ1) is 9.36. The maximum atomic E-state index is 13.7. The van der Waals surface area contributed by atoms with Gasteiger partial charge in [0.05, 0.1) is 0 Å². The quantitative estimate of drug-likeness (QED) is 0.912. The molecule has 1 aromatic carbocycles. The van der Waals surface area contributed by atoms with Crippen LogP contribution in [0, 0.1) is 5.82 Å². The number of likely N-dealkylation sites (tertiary alicyclic amines) is 1. The number of hydrogen-bond acceptors (Lipinski definition) is 2. The van der Waals surface area contributed by atoms with Crippen LogP contribution in [0.4, 0.5) is 4.39 Å². The third-order valence-electron chi connectivity index (χ3n) is 4.04. The Bertz CT molecular complexity index is 448. The van der Waals surface area contributed by atoms with Crippen LogP contribution in [0.1, 0.15) is 39.2 Å². The summed E-state index contributed by atoms with van der Waals surface area (Å²) in [5, 5.41) is 3.91. The normalized spacial score (nSPS) is 18.4. The van der Waals surface area contributed by atoms with Gasteiger partial charge in [-0.15, -0.1) is 0 Å². The number of hydrogen-bond donors (Lipinski definition) is 1. The molecule has 0 atom stereocenters. The van der Waals surface area contributed by atoms with Gasteiger partial charge in [-0.1, -0.05) is 17.7 Å². The summed E-state index contributed by atoms with van der Waals surface area (Å²) in [4.78, 5) is 2.51. The van der Waals surface area contributed by atoms with Gasteiger partial charge in [0.15, 0.2) is 0 Å². The molecular weight excluding hydrogens is 275 g/mol. The lowest BCUT2D eigenvalue weighted by Crippen LogP contribution is -2.49. The van der Waals surface area contributed by atoms with Crippen LogP contribution in [-0.4, -0.2) is 29.6 Å². The third kappa shape index (κ3) is 4.18. The predicted octanol–water partition coefficient (Wildman–Crippen LogP) is 3.83. The molecule has 0 aromatic heterocycles. The molecule has 1 aliphatic rings. The van der Waals surface area contributed by atoms with E-state index < -0.39 is 0 Å². The second kappa shape index (κ2) is 6.42. The van der Waals surface area contributed by atoms with Gasteiger partial charge in [-0.2, -0.15) is 0 Å². The van der Waals surface area contributed by atoms with Crippen LogP contribution >= 0.6 is 11.6 Å². The van der Waals surface area contributed by atoms with Gasteiger partial charge in [-0.25, -0.2) is 4.39 Å². The van der Waals surface area contributed by atoms with Crippen LogP contribution in [0.5, 0.6) is 0 Å². The molecule has 1 N–H and O–H groups in total. The Morgan fingerprint density at radius 3 is 2.50 bits per heavy atom. The highest BCUT2D eigenvalue weighted by Gasteiger charge is 2.26. The first-order valence-corrected chi connectivity index (χ1v) is 7.66. The van der Waals surface area contributed by atoms with E-state index in [2.05, 4.69) is 31.0 Å². The summed E-state index contributed by atoms with van der Waals surface area (Å²) in [6, 6.07) is 5.35. The molecule has 0 spiro atoms. The average Bonchev–Trinajstić information content (AvgIpc) is 2.37. The SMILES string of the molecule is CC(C)(C)N1CCC(NCc2ccc(Cl)cc2F)CC1. The number of nitrogens with zero attached hydrogens (tertiary/aromatic N) is 1. The van der Waals surface area contributed by atoms with Crippen LogP contribution in [0.3, 0.4) is 0 Å². The van der Waals surface area contributed by atoms with Gasteiger partial charge in [0.2, 0.25) is 0 Å². The van der Waals surface area contributed by atoms with E-state index in [0.717, 1.165) is 25.9 Å². The Morgan fingerprint density at radius 1 is 1.30 bits per heavy atom. The van der Waals surface area contributed by atoms with Crippen molar-refractivity contribution in [1.29, 1.82) is 0 Å². The summed E-state index contributed by atoms with van der Waals surface area (Å²) < 4.78 is 13.7. The molecule has 1 fully saturated rings. The van der Waals surface area contributed by atoms with Crippen LogP contribution in [0.25, 0.3) is 0 Å². The van der Waals surface area contributed by atoms with Gasteiger partial charge in [0, 0.05) is 41.8 Å². The van der Waals surface area contributed by atoms with Crippen molar-refractivity contribution < 1.29 is 4.39 Å². The molecular formula is C16H24ClFN2. The maximum Gasteiger partial charge on any atom is 0.129 e. The molecule has 4 heteroatoms. The molecule has 0 unspecified atom stereocenters. The highest BCUT2D eigenvalue weighted by Crippen LogP contribution is 2.21. The number of piperidine rings is 1. The number of halogens is 2. The molecule has 0 aliphatic carbocycles. The van der Waals surface area contributed by atoms with Gasteiger partial charge in [0.1, 0.15) is 5.82 Å². The van der Waals surface area contributed by atoms with Crippen LogP contribution in [0.2, 0.25) is 5.02 Å². The summed E-state index contributed by atoms with van der Waals surface area (Å²) in [6.45, 7) is 9.54. The Hall–Kier alpha value is -0.640. The van der Waals surface area contributed by atoms with Gasteiger partial charge >= 0.3 is 0 Å². The molecule has 1 aliphatic heterocycles. The Kier molecular flexibility index (Phi) is 5.05. The van der Waals surface area contributed by atoms with Crippen LogP contribution < -0.4 is 5.32 Å². The van der Waals surface area contributed by atoms with Gasteiger partial charge in [-0.05, 0) is 45.7 Å². The summed E-state index contributed by atoms with van der Waals surface area (Å²) >= 11 is 5.76. The summed E-state index contributed by atoms with van der Waals surface area (Å²) in [5.74, 6) is -0.225. The van der Waals surface area contributed by atoms with Gasteiger partial charge < -0.3 is 5.32 Å². The summed E-state index contributed by atoms with van der Waals surface area (Å²) in [6.07, 6.45) is 2.24. The standard InChI is InChI=1S/C16H24ClFN2/c1-16(2,3)20-8-6-14(7-9-20)19-11-12-4-5-13(17)10-15(12)18/h4-5,10,14,19H,6-9,11H2,1-3H3. The minimum absolute atomic E-state index is 0.225. The zero-order valence-electron chi connectivity index (χ0n) is 12.5. The molecule has 0 amide bonds. The van der Waals surface area contributed by atoms with Crippen molar-refractivity contribution in [1.82, 2.24) is 10.2 Å². The molecule has 1 heterocycles. The summed E-state index contributed by atoms with van der Waals surface area (Å²) in [7, 11) is 0. The molecule has 0 saturated carbocycles. The van der Waals surface area contributed by atoms with E-state index in [1.807, 2.05) is 0 Å². The molecule has 1 aromatic rings. The molecule has 1 saturated heterocycles. The van der Waals surface area contributed by atoms with Crippen molar-refractivity contribution in [3.05, 3.63) is 34.6 Å². The zero-order valence-corrected chi connectivity index (χ0v) is 13.3. The Morgan fingerprint density at radius 2 is 1.95 bits per heavy atom. The van der Waals surface area contributed by atoms with Crippen molar-refractivity contribution in [3.8, 4) is 0 Å². The minimum atomic E-state index is -0.225. The zero-order chi connectivity index (χ0) is 14.8. The second-order valence-corrected chi connectivity index (χ2v) is 6.99. The lowest BCUT2D eigenvalue weighted by molar-refractivity contribution is 0.0959. The largest absolute Gasteiger partial charge is 0.310 e. The molecule has 112 valence electrons. The predicted molar refractivity (Wildman–Crippen MR) is 82.6 cm³/mol. The highest BCUT2D eigenvalue weighted by molar-refractivity contribution is 6.30. The number of benzene rings is 1. The lowest BCUT2D eigenvalue weighted by Gasteiger charge is -2.41. The van der Waals surface area contributed by atoms with E-state index in [1.54, 1.807) is 12.1 Å². The van der Waals surface area contributed by atoms with E-state index in [-0.39, 0.29) is 11.4 Å². The molecule has 20 heavy (non-hydrogen) atoms. The average molecular weight is 299 g/mol. The second-order valence-electron chi connectivity index (χ2n) is 6.55. The van der Waals surface area contributed by atoms with Crippen molar-refractivity contribution in [2.75, 3.05) is 13.1 Å². The highest BCUT2D eigenvalue weighted by atomic mass is 35.5. The minimum Gasteiger partial charge on any atom is -0.310 e. The van der Waals surface area contributed by atoms with E-state index in [4.69, 9.17) is 11.6 Å². The monoisotopic (exact) mass is 298 g/mol. The fraction of sp³-hybridized carbons (Fsp3) is 0.625. The van der Waals surface area contributed by atoms with Gasteiger partial charge in [-0.3, -0.25) is 4.90 Å². The first kappa shape index (κ1) is 15.7. The van der Waals surface area contributed by atoms with E-state index in [9.17, 15) is 4.39 Å². The van der Waals surface area contributed by atoms with E-state index >= 15 is 0 Å². The number of nitrogens with one attached hydrogen (secondary N) is 1. The molecule has 0 radical (unpaired) electrons. The molecule has 0 bridgehead atoms. The fourth-order valence-electron chi connectivity index (χ4n) is 2.67. The van der Waals surface area contributed by atoms with E-state index in [1.165, 1.54) is 6.07 Å². The van der Waals surface area contributed by atoms with Crippen molar-refractivity contribution in [3.63, 3.8) is 0 Å². The first-order valence-electron chi connectivity index (χ1n) is 7.28. The number of rotatable bonds is 3. The Labute approximate surface area is 126 Å². The smallest absolute Gasteiger partial charge is 0.129 e. The maximum absolute atomic E-state index is 13.7. The van der Waals surface area contributed by atoms with Crippen LogP contribution in [-0.2, 0) is 6.54 Å². The van der Waals surface area contributed by atoms with Crippen LogP contribution in [0.15, 0.2) is 18.2 Å². The lowest BCUT2D eigenvalue weighted by atomic mass is 9.98. The fourth-order valence-corrected chi connectivity index (χ4v) is 2.83. The van der Waals surface area contributed by atoms with Crippen molar-refractivity contribution >= 4 is 11.6 Å². The van der Waals surface area contributed by atoms with Gasteiger partial charge in [0.25, 0.3) is 0 Å².